The number of aryl methyl sites for hydroxylation is 1. The molecule has 0 spiro atoms. The first-order chi connectivity index (χ1) is 4.86. The summed E-state index contributed by atoms with van der Waals surface area (Å²) in [5.41, 5.74) is 1.86. The van der Waals surface area contributed by atoms with Crippen LogP contribution in [0.4, 0.5) is 5.69 Å². The van der Waals surface area contributed by atoms with Crippen molar-refractivity contribution < 1.29 is 4.79 Å². The summed E-state index contributed by atoms with van der Waals surface area (Å²) < 4.78 is 0. The SMILES string of the molecule is O=C1CCc2[nH]ncc2N1. The van der Waals surface area contributed by atoms with E-state index < -0.39 is 0 Å². The fourth-order valence-corrected chi connectivity index (χ4v) is 1.06. The molecule has 10 heavy (non-hydrogen) atoms. The van der Waals surface area contributed by atoms with E-state index in [2.05, 4.69) is 15.5 Å². The molecule has 0 atom stereocenters. The van der Waals surface area contributed by atoms with Crippen molar-refractivity contribution in [3.8, 4) is 0 Å². The molecule has 0 bridgehead atoms. The van der Waals surface area contributed by atoms with Gasteiger partial charge in [-0.3, -0.25) is 9.89 Å². The molecule has 1 amide bonds. The summed E-state index contributed by atoms with van der Waals surface area (Å²) >= 11 is 0. The normalized spacial score (nSPS) is 16.2. The molecule has 1 aliphatic rings. The Morgan fingerprint density at radius 2 is 2.40 bits per heavy atom. The van der Waals surface area contributed by atoms with Crippen LogP contribution in [0.2, 0.25) is 0 Å². The molecule has 0 fully saturated rings. The zero-order valence-electron chi connectivity index (χ0n) is 5.35. The lowest BCUT2D eigenvalue weighted by molar-refractivity contribution is -0.116. The highest BCUT2D eigenvalue weighted by Crippen LogP contribution is 2.17. The van der Waals surface area contributed by atoms with E-state index in [1.807, 2.05) is 0 Å². The van der Waals surface area contributed by atoms with E-state index in [1.54, 1.807) is 6.20 Å². The van der Waals surface area contributed by atoms with E-state index in [0.717, 1.165) is 17.8 Å². The number of carbonyl (C=O) groups excluding carboxylic acids is 1. The molecule has 0 aliphatic carbocycles. The summed E-state index contributed by atoms with van der Waals surface area (Å²) in [5.74, 6) is 0.0777. The van der Waals surface area contributed by atoms with Gasteiger partial charge >= 0.3 is 0 Å². The molecule has 0 saturated carbocycles. The molecule has 1 aromatic rings. The molecule has 0 radical (unpaired) electrons. The first-order valence-electron chi connectivity index (χ1n) is 3.18. The predicted octanol–water partition coefficient (Wildman–Crippen LogP) is 0.294. The van der Waals surface area contributed by atoms with Crippen molar-refractivity contribution >= 4 is 11.6 Å². The number of nitrogens with one attached hydrogen (secondary N) is 2. The number of H-pyrrole nitrogens is 1. The van der Waals surface area contributed by atoms with Crippen molar-refractivity contribution in [2.45, 2.75) is 12.8 Å². The van der Waals surface area contributed by atoms with Crippen LogP contribution in [0.15, 0.2) is 6.20 Å². The Morgan fingerprint density at radius 1 is 1.50 bits per heavy atom. The molecule has 2 heterocycles. The topological polar surface area (TPSA) is 57.8 Å². The highest BCUT2D eigenvalue weighted by atomic mass is 16.1. The molecule has 2 N–H and O–H groups in total. The lowest BCUT2D eigenvalue weighted by Gasteiger charge is -2.09. The standard InChI is InChI=1S/C6H7N3O/c10-6-2-1-4-5(8-6)3-7-9-4/h3H,1-2H2,(H,7,9)(H,8,10). The van der Waals surface area contributed by atoms with E-state index in [-0.39, 0.29) is 5.91 Å². The number of hydrogen-bond donors (Lipinski definition) is 2. The fourth-order valence-electron chi connectivity index (χ4n) is 1.06. The number of fused-ring (bicyclic) bond motifs is 1. The van der Waals surface area contributed by atoms with Gasteiger partial charge in [0.25, 0.3) is 0 Å². The molecule has 4 nitrogen and oxygen atoms in total. The Kier molecular flexibility index (Phi) is 1.00. The van der Waals surface area contributed by atoms with Crippen LogP contribution in [-0.4, -0.2) is 16.1 Å². The zero-order valence-corrected chi connectivity index (χ0v) is 5.35. The monoisotopic (exact) mass is 137 g/mol. The molecule has 0 saturated heterocycles. The predicted molar refractivity (Wildman–Crippen MR) is 35.5 cm³/mol. The Morgan fingerprint density at radius 3 is 3.30 bits per heavy atom. The molecule has 0 unspecified atom stereocenters. The Bertz CT molecular complexity index is 266. The third-order valence-corrected chi connectivity index (χ3v) is 1.59. The molecular formula is C6H7N3O. The third-order valence-electron chi connectivity index (χ3n) is 1.59. The van der Waals surface area contributed by atoms with Gasteiger partial charge in [0.2, 0.25) is 5.91 Å². The Hall–Kier alpha value is -1.32. The summed E-state index contributed by atoms with van der Waals surface area (Å²) in [6.45, 7) is 0. The van der Waals surface area contributed by atoms with Crippen LogP contribution in [0.25, 0.3) is 0 Å². The van der Waals surface area contributed by atoms with E-state index >= 15 is 0 Å². The van der Waals surface area contributed by atoms with Crippen LogP contribution in [0.3, 0.4) is 0 Å². The van der Waals surface area contributed by atoms with Crippen LogP contribution >= 0.6 is 0 Å². The number of carbonyl (C=O) groups is 1. The average molecular weight is 137 g/mol. The van der Waals surface area contributed by atoms with Gasteiger partial charge in [0, 0.05) is 6.42 Å². The lowest BCUT2D eigenvalue weighted by atomic mass is 10.1. The van der Waals surface area contributed by atoms with Gasteiger partial charge in [0.15, 0.2) is 0 Å². The first kappa shape index (κ1) is 5.46. The maximum absolute atomic E-state index is 10.8. The fraction of sp³-hybridized carbons (Fsp3) is 0.333. The molecule has 4 heteroatoms. The molecule has 52 valence electrons. The summed E-state index contributed by atoms with van der Waals surface area (Å²) in [5, 5.41) is 9.32. The van der Waals surface area contributed by atoms with Crippen LogP contribution in [0, 0.1) is 0 Å². The summed E-state index contributed by atoms with van der Waals surface area (Å²) in [4.78, 5) is 10.8. The van der Waals surface area contributed by atoms with Gasteiger partial charge in [-0.15, -0.1) is 0 Å². The van der Waals surface area contributed by atoms with Crippen molar-refractivity contribution in [1.82, 2.24) is 10.2 Å². The zero-order chi connectivity index (χ0) is 6.97. The van der Waals surface area contributed by atoms with Gasteiger partial charge in [0.1, 0.15) is 0 Å². The average Bonchev–Trinajstić information content (AvgIpc) is 2.33. The number of rotatable bonds is 0. The van der Waals surface area contributed by atoms with Crippen molar-refractivity contribution in [1.29, 1.82) is 0 Å². The Labute approximate surface area is 57.6 Å². The molecule has 0 aromatic carbocycles. The van der Waals surface area contributed by atoms with Gasteiger partial charge in [-0.2, -0.15) is 5.10 Å². The largest absolute Gasteiger partial charge is 0.323 e. The minimum Gasteiger partial charge on any atom is -0.323 e. The molecule has 1 aromatic heterocycles. The van der Waals surface area contributed by atoms with Crippen molar-refractivity contribution in [3.63, 3.8) is 0 Å². The van der Waals surface area contributed by atoms with Crippen molar-refractivity contribution in [2.24, 2.45) is 0 Å². The molecule has 2 rings (SSSR count). The van der Waals surface area contributed by atoms with Crippen LogP contribution < -0.4 is 5.32 Å². The van der Waals surface area contributed by atoms with Crippen molar-refractivity contribution in [2.75, 3.05) is 5.32 Å². The number of anilines is 1. The summed E-state index contributed by atoms with van der Waals surface area (Å²) in [6, 6.07) is 0. The number of aromatic nitrogens is 2. The van der Waals surface area contributed by atoms with E-state index in [0.29, 0.717) is 6.42 Å². The quantitative estimate of drug-likeness (QED) is 0.540. The van der Waals surface area contributed by atoms with Gasteiger partial charge < -0.3 is 5.32 Å². The minimum absolute atomic E-state index is 0.0777. The second-order valence-electron chi connectivity index (χ2n) is 2.31. The van der Waals surface area contributed by atoms with Crippen molar-refractivity contribution in [3.05, 3.63) is 11.9 Å². The van der Waals surface area contributed by atoms with Gasteiger partial charge in [-0.1, -0.05) is 0 Å². The number of nitrogens with zero attached hydrogens (tertiary/aromatic N) is 1. The van der Waals surface area contributed by atoms with E-state index in [4.69, 9.17) is 0 Å². The van der Waals surface area contributed by atoms with Gasteiger partial charge in [-0.25, -0.2) is 0 Å². The smallest absolute Gasteiger partial charge is 0.224 e. The number of amides is 1. The van der Waals surface area contributed by atoms with Crippen LogP contribution in [0.5, 0.6) is 0 Å². The Balaban J connectivity index is 2.39. The molecular weight excluding hydrogens is 130 g/mol. The van der Waals surface area contributed by atoms with E-state index in [9.17, 15) is 4.79 Å². The third kappa shape index (κ3) is 0.689. The second kappa shape index (κ2) is 1.83. The summed E-state index contributed by atoms with van der Waals surface area (Å²) in [7, 11) is 0. The maximum Gasteiger partial charge on any atom is 0.224 e. The van der Waals surface area contributed by atoms with Crippen LogP contribution in [-0.2, 0) is 11.2 Å². The minimum atomic E-state index is 0.0777. The van der Waals surface area contributed by atoms with E-state index in [1.165, 1.54) is 0 Å². The van der Waals surface area contributed by atoms with Gasteiger partial charge in [-0.05, 0) is 6.42 Å². The summed E-state index contributed by atoms with van der Waals surface area (Å²) in [6.07, 6.45) is 2.97. The number of hydrogen-bond acceptors (Lipinski definition) is 2. The maximum atomic E-state index is 10.8. The van der Waals surface area contributed by atoms with Crippen LogP contribution in [0.1, 0.15) is 12.1 Å². The first-order valence-corrected chi connectivity index (χ1v) is 3.18. The number of aromatic amines is 1. The highest BCUT2D eigenvalue weighted by Gasteiger charge is 2.14. The lowest BCUT2D eigenvalue weighted by Crippen LogP contribution is -2.17. The second-order valence-corrected chi connectivity index (χ2v) is 2.31. The van der Waals surface area contributed by atoms with Gasteiger partial charge in [0.05, 0.1) is 17.6 Å². The highest BCUT2D eigenvalue weighted by molar-refractivity contribution is 5.93. The molecule has 1 aliphatic heterocycles.